The second-order valence-electron chi connectivity index (χ2n) is 8.08. The number of aryl methyl sites for hydroxylation is 3. The predicted molar refractivity (Wildman–Crippen MR) is 120 cm³/mol. The van der Waals surface area contributed by atoms with Crippen LogP contribution >= 0.6 is 12.4 Å². The molecule has 2 unspecified atom stereocenters. The molecule has 0 bridgehead atoms. The van der Waals surface area contributed by atoms with Gasteiger partial charge in [-0.15, -0.1) is 12.4 Å². The first kappa shape index (κ1) is 20.9. The van der Waals surface area contributed by atoms with Crippen molar-refractivity contribution in [1.29, 1.82) is 0 Å². The van der Waals surface area contributed by atoms with E-state index in [-0.39, 0.29) is 24.6 Å². The van der Waals surface area contributed by atoms with Crippen LogP contribution in [0, 0.1) is 6.92 Å². The van der Waals surface area contributed by atoms with Crippen LogP contribution in [0.5, 0.6) is 0 Å². The predicted octanol–water partition coefficient (Wildman–Crippen LogP) is 4.39. The zero-order chi connectivity index (χ0) is 19.0. The lowest BCUT2D eigenvalue weighted by Crippen LogP contribution is -2.41. The third-order valence-corrected chi connectivity index (χ3v) is 6.15. The van der Waals surface area contributed by atoms with Crippen LogP contribution in [-0.2, 0) is 25.8 Å². The molecule has 0 amide bonds. The zero-order valence-corrected chi connectivity index (χ0v) is 17.9. The number of fused-ring (bicyclic) bond motifs is 3. The Morgan fingerprint density at radius 1 is 1.14 bits per heavy atom. The molecule has 4 heteroatoms. The number of halogens is 1. The molecular formula is C24H31ClN2O. The molecule has 2 heterocycles. The standard InChI is InChI=1S/C24H30N2O.ClH/c1-17-9-10-22-20(15-17)21-16-24(18(2)27)25(3)13-12-23(21)26(22)14-11-19-7-5-4-6-8-19;/h4-10,15,18,24,27H,11-14,16H2,1-3H3;1H. The quantitative estimate of drug-likeness (QED) is 0.705. The third kappa shape index (κ3) is 3.98. The maximum Gasteiger partial charge on any atom is 0.0670 e. The molecular weight excluding hydrogens is 368 g/mol. The summed E-state index contributed by atoms with van der Waals surface area (Å²) < 4.78 is 2.54. The summed E-state index contributed by atoms with van der Waals surface area (Å²) in [6.07, 6.45) is 2.67. The van der Waals surface area contributed by atoms with Gasteiger partial charge in [-0.1, -0.05) is 42.0 Å². The van der Waals surface area contributed by atoms with Gasteiger partial charge in [0.15, 0.2) is 0 Å². The van der Waals surface area contributed by atoms with E-state index in [1.165, 1.54) is 33.3 Å². The highest BCUT2D eigenvalue weighted by Crippen LogP contribution is 2.32. The SMILES string of the molecule is Cc1ccc2c(c1)c1c(n2CCc2ccccc2)CCN(C)C(C(C)O)C1.Cl. The fourth-order valence-electron chi connectivity index (χ4n) is 4.60. The number of benzene rings is 2. The Kier molecular flexibility index (Phi) is 6.49. The van der Waals surface area contributed by atoms with E-state index in [4.69, 9.17) is 0 Å². The molecule has 1 aliphatic rings. The van der Waals surface area contributed by atoms with Gasteiger partial charge in [0, 0.05) is 42.1 Å². The second-order valence-corrected chi connectivity index (χ2v) is 8.08. The van der Waals surface area contributed by atoms with Crippen LogP contribution in [0.1, 0.15) is 29.3 Å². The van der Waals surface area contributed by atoms with E-state index in [1.807, 2.05) is 6.92 Å². The van der Waals surface area contributed by atoms with Gasteiger partial charge in [0.25, 0.3) is 0 Å². The number of hydrogen-bond donors (Lipinski definition) is 1. The molecule has 0 saturated heterocycles. The Labute approximate surface area is 174 Å². The maximum atomic E-state index is 10.3. The van der Waals surface area contributed by atoms with Crippen molar-refractivity contribution in [3.8, 4) is 0 Å². The van der Waals surface area contributed by atoms with Gasteiger partial charge in [-0.2, -0.15) is 0 Å². The highest BCUT2D eigenvalue weighted by Gasteiger charge is 2.28. The van der Waals surface area contributed by atoms with Gasteiger partial charge >= 0.3 is 0 Å². The molecule has 1 N–H and O–H groups in total. The minimum Gasteiger partial charge on any atom is -0.392 e. The zero-order valence-electron chi connectivity index (χ0n) is 17.1. The smallest absolute Gasteiger partial charge is 0.0670 e. The molecule has 4 rings (SSSR count). The first-order valence-electron chi connectivity index (χ1n) is 10.1. The largest absolute Gasteiger partial charge is 0.392 e. The van der Waals surface area contributed by atoms with E-state index < -0.39 is 0 Å². The average Bonchev–Trinajstić information content (AvgIpc) is 2.82. The van der Waals surface area contributed by atoms with Crippen LogP contribution in [-0.4, -0.2) is 40.3 Å². The summed E-state index contributed by atoms with van der Waals surface area (Å²) in [7, 11) is 2.14. The number of aliphatic hydroxyl groups is 1. The van der Waals surface area contributed by atoms with Gasteiger partial charge in [-0.25, -0.2) is 0 Å². The van der Waals surface area contributed by atoms with E-state index in [2.05, 4.69) is 72.0 Å². The highest BCUT2D eigenvalue weighted by atomic mass is 35.5. The van der Waals surface area contributed by atoms with Gasteiger partial charge in [0.1, 0.15) is 0 Å². The topological polar surface area (TPSA) is 28.4 Å². The first-order chi connectivity index (χ1) is 13.0. The number of hydrogen-bond acceptors (Lipinski definition) is 2. The van der Waals surface area contributed by atoms with Crippen molar-refractivity contribution in [2.45, 2.75) is 51.8 Å². The van der Waals surface area contributed by atoms with E-state index >= 15 is 0 Å². The Hall–Kier alpha value is -1.81. The summed E-state index contributed by atoms with van der Waals surface area (Å²) in [5.74, 6) is 0. The van der Waals surface area contributed by atoms with Gasteiger partial charge < -0.3 is 14.6 Å². The molecule has 0 radical (unpaired) electrons. The number of nitrogens with zero attached hydrogens (tertiary/aromatic N) is 2. The van der Waals surface area contributed by atoms with Crippen molar-refractivity contribution in [3.05, 3.63) is 70.9 Å². The third-order valence-electron chi connectivity index (χ3n) is 6.15. The molecule has 2 atom stereocenters. The maximum absolute atomic E-state index is 10.3. The molecule has 28 heavy (non-hydrogen) atoms. The molecule has 0 saturated carbocycles. The van der Waals surface area contributed by atoms with Gasteiger partial charge in [0.05, 0.1) is 6.10 Å². The fourth-order valence-corrected chi connectivity index (χ4v) is 4.60. The Balaban J connectivity index is 0.00000225. The van der Waals surface area contributed by atoms with Crippen LogP contribution in [0.15, 0.2) is 48.5 Å². The molecule has 3 aromatic rings. The number of aromatic nitrogens is 1. The Bertz CT molecular complexity index is 933. The van der Waals surface area contributed by atoms with Gasteiger partial charge in [-0.05, 0) is 57.0 Å². The number of likely N-dealkylation sites (N-methyl/N-ethyl adjacent to an activating group) is 1. The van der Waals surface area contributed by atoms with E-state index in [1.54, 1.807) is 0 Å². The van der Waals surface area contributed by atoms with Gasteiger partial charge in [0.2, 0.25) is 0 Å². The van der Waals surface area contributed by atoms with E-state index in [9.17, 15) is 5.11 Å². The van der Waals surface area contributed by atoms with Crippen LogP contribution in [0.4, 0.5) is 0 Å². The lowest BCUT2D eigenvalue weighted by molar-refractivity contribution is 0.0798. The molecule has 0 spiro atoms. The summed E-state index contributed by atoms with van der Waals surface area (Å²) in [5.41, 5.74) is 6.93. The normalized spacial score (nSPS) is 18.4. The minimum absolute atomic E-state index is 0. The van der Waals surface area contributed by atoms with Crippen molar-refractivity contribution < 1.29 is 5.11 Å². The lowest BCUT2D eigenvalue weighted by atomic mass is 9.99. The Morgan fingerprint density at radius 2 is 1.89 bits per heavy atom. The monoisotopic (exact) mass is 398 g/mol. The number of aliphatic hydroxyl groups excluding tert-OH is 1. The first-order valence-corrected chi connectivity index (χ1v) is 10.1. The van der Waals surface area contributed by atoms with E-state index in [0.29, 0.717) is 0 Å². The summed E-state index contributed by atoms with van der Waals surface area (Å²) in [6, 6.07) is 17.8. The molecule has 1 aliphatic heterocycles. The lowest BCUT2D eigenvalue weighted by Gasteiger charge is -2.28. The molecule has 3 nitrogen and oxygen atoms in total. The van der Waals surface area contributed by atoms with Gasteiger partial charge in [-0.3, -0.25) is 0 Å². The van der Waals surface area contributed by atoms with E-state index in [0.717, 1.165) is 32.4 Å². The molecule has 0 fully saturated rings. The Morgan fingerprint density at radius 3 is 2.61 bits per heavy atom. The summed E-state index contributed by atoms with van der Waals surface area (Å²) >= 11 is 0. The van der Waals surface area contributed by atoms with Crippen molar-refractivity contribution in [1.82, 2.24) is 9.47 Å². The molecule has 0 aliphatic carbocycles. The second kappa shape index (κ2) is 8.69. The summed E-state index contributed by atoms with van der Waals surface area (Å²) in [6.45, 7) is 6.08. The van der Waals surface area contributed by atoms with Crippen LogP contribution < -0.4 is 0 Å². The van der Waals surface area contributed by atoms with Crippen LogP contribution in [0.25, 0.3) is 10.9 Å². The van der Waals surface area contributed by atoms with Crippen molar-refractivity contribution in [2.24, 2.45) is 0 Å². The molecule has 150 valence electrons. The van der Waals surface area contributed by atoms with Crippen LogP contribution in [0.3, 0.4) is 0 Å². The summed E-state index contributed by atoms with van der Waals surface area (Å²) in [4.78, 5) is 2.33. The highest BCUT2D eigenvalue weighted by molar-refractivity contribution is 5.86. The minimum atomic E-state index is -0.325. The van der Waals surface area contributed by atoms with Crippen molar-refractivity contribution >= 4 is 23.3 Å². The fraction of sp³-hybridized carbons (Fsp3) is 0.417. The average molecular weight is 399 g/mol. The molecule has 2 aromatic carbocycles. The number of rotatable bonds is 4. The van der Waals surface area contributed by atoms with Crippen molar-refractivity contribution in [3.63, 3.8) is 0 Å². The summed E-state index contributed by atoms with van der Waals surface area (Å²) in [5, 5.41) is 11.7. The van der Waals surface area contributed by atoms with Crippen LogP contribution in [0.2, 0.25) is 0 Å². The molecule has 1 aromatic heterocycles. The van der Waals surface area contributed by atoms with Crippen molar-refractivity contribution in [2.75, 3.05) is 13.6 Å².